The van der Waals surface area contributed by atoms with E-state index in [0.29, 0.717) is 89.7 Å². The highest BCUT2D eigenvalue weighted by molar-refractivity contribution is 6.00. The van der Waals surface area contributed by atoms with Crippen LogP contribution in [0.1, 0.15) is 118 Å². The zero-order valence-corrected chi connectivity index (χ0v) is 45.9. The Kier molecular flexibility index (Phi) is 18.1. The van der Waals surface area contributed by atoms with Crippen molar-refractivity contribution in [1.29, 1.82) is 0 Å². The zero-order chi connectivity index (χ0) is 58.5. The number of hydrogen-bond acceptors (Lipinski definition) is 15. The molecule has 2 aromatic carbocycles. The summed E-state index contributed by atoms with van der Waals surface area (Å²) in [6, 6.07) is 9.67. The quantitative estimate of drug-likeness (QED) is 0.0197. The predicted molar refractivity (Wildman–Crippen MR) is 287 cm³/mol. The van der Waals surface area contributed by atoms with Crippen LogP contribution >= 0.6 is 0 Å². The Morgan fingerprint density at radius 3 is 2.32 bits per heavy atom. The van der Waals surface area contributed by atoms with Gasteiger partial charge in [0.25, 0.3) is 5.56 Å². The highest BCUT2D eigenvalue weighted by Crippen LogP contribution is 2.46. The number of nitrogens with zero attached hydrogens (tertiary/aromatic N) is 3. The maximum absolute atomic E-state index is 15.3. The molecule has 5 atom stereocenters. The smallest absolute Gasteiger partial charge is 0.342 e. The topological polar surface area (TPSA) is 323 Å². The highest BCUT2D eigenvalue weighted by atomic mass is 19.1. The third-order valence-electron chi connectivity index (χ3n) is 15.3. The lowest BCUT2D eigenvalue weighted by Crippen LogP contribution is -2.52. The summed E-state index contributed by atoms with van der Waals surface area (Å²) in [4.78, 5) is 136. The molecule has 2 aromatic heterocycles. The van der Waals surface area contributed by atoms with Crippen LogP contribution in [0.15, 0.2) is 47.3 Å². The van der Waals surface area contributed by atoms with Crippen molar-refractivity contribution in [3.8, 4) is 11.4 Å². The summed E-state index contributed by atoms with van der Waals surface area (Å²) < 4.78 is 27.2. The normalized spacial score (nSPS) is 19.2. The van der Waals surface area contributed by atoms with E-state index in [0.717, 1.165) is 0 Å². The number of likely N-dealkylation sites (tertiary alicyclic amines) is 1. The molecule has 5 heterocycles. The second-order valence-corrected chi connectivity index (χ2v) is 22.2. The summed E-state index contributed by atoms with van der Waals surface area (Å²) in [5.74, 6) is -6.18. The monoisotopic (exact) mass is 1120 g/mol. The summed E-state index contributed by atoms with van der Waals surface area (Å²) in [5, 5.41) is 37.3. The van der Waals surface area contributed by atoms with Crippen LogP contribution in [-0.4, -0.2) is 130 Å². The van der Waals surface area contributed by atoms with Gasteiger partial charge in [0.15, 0.2) is 11.4 Å². The molecule has 1 saturated heterocycles. The number of amides is 7. The molecule has 2 unspecified atom stereocenters. The molecule has 1 aliphatic carbocycles. The number of ether oxygens (including phenoxy) is 2. The minimum atomic E-state index is -2.11. The standard InChI is InChI=1S/C57H68FN9O14/c1-30-33-15-16-39(50-34-26-67-42(51(34)65-40(49(33)50)22-38(30)58)20-36-35(53(67)76)28-81-55(78)57(36,5)79)63-44(70)19-32(68)27-80-29-62-46(72)24-61-52(75)41(18-31-12-8-6-9-13-31)64-47(73)25-60-45(71)23-59-43(69)14-10-7-11-17-66-48(74)21-37(54(66)77)56(2,3)4/h6,8-9,12-13,20,22,37,39,41,48,74,79H,7,10-11,14-19,21,23-29H2,1-5H3,(H,59,69)(H,60,71)(H,61,75)(H,62,72)(H,63,70)(H,64,73)/t37?,39-,41-,48?,57-/m0/s1. The van der Waals surface area contributed by atoms with E-state index in [-0.39, 0.29) is 65.8 Å². The second-order valence-electron chi connectivity index (χ2n) is 22.2. The molecule has 7 amide bonds. The van der Waals surface area contributed by atoms with Gasteiger partial charge < -0.3 is 61.1 Å². The van der Waals surface area contributed by atoms with Gasteiger partial charge in [-0.15, -0.1) is 0 Å². The van der Waals surface area contributed by atoms with Crippen molar-refractivity contribution in [2.24, 2.45) is 11.3 Å². The SMILES string of the molecule is Cc1c(F)cc2nc3c(c4c2c1CC[C@@H]4NC(=O)CC(=O)COCNC(=O)CNC(=O)[C@H](Cc1ccccc1)NC(=O)CNC(=O)CNC(=O)CCCCCN1C(=O)C(C(C)(C)C)CC1O)Cn1c-3cc2c(c1=O)COC(=O)[C@@]2(C)O. The molecule has 24 heteroatoms. The Morgan fingerprint density at radius 2 is 1.59 bits per heavy atom. The number of halogens is 1. The molecule has 81 heavy (non-hydrogen) atoms. The molecule has 8 N–H and O–H groups in total. The first kappa shape index (κ1) is 59.2. The van der Waals surface area contributed by atoms with Crippen LogP contribution in [0.2, 0.25) is 0 Å². The molecule has 4 aromatic rings. The average molecular weight is 1120 g/mol. The van der Waals surface area contributed by atoms with Crippen molar-refractivity contribution in [2.45, 2.75) is 129 Å². The zero-order valence-electron chi connectivity index (χ0n) is 45.9. The highest BCUT2D eigenvalue weighted by Gasteiger charge is 2.45. The Hall–Kier alpha value is -7.96. The Morgan fingerprint density at radius 1 is 0.889 bits per heavy atom. The first-order chi connectivity index (χ1) is 38.4. The number of cyclic esters (lactones) is 1. The van der Waals surface area contributed by atoms with E-state index in [1.807, 2.05) is 20.8 Å². The van der Waals surface area contributed by atoms with Gasteiger partial charge in [-0.05, 0) is 73.3 Å². The van der Waals surface area contributed by atoms with Gasteiger partial charge in [0.1, 0.15) is 38.0 Å². The minimum absolute atomic E-state index is 0.0222. The Balaban J connectivity index is 0.762. The van der Waals surface area contributed by atoms with Crippen molar-refractivity contribution >= 4 is 64.0 Å². The van der Waals surface area contributed by atoms with Gasteiger partial charge in [-0.2, -0.15) is 0 Å². The second kappa shape index (κ2) is 24.8. The Labute approximate surface area is 465 Å². The number of unbranched alkanes of at least 4 members (excludes halogenated alkanes) is 2. The van der Waals surface area contributed by atoms with Crippen molar-refractivity contribution in [3.05, 3.63) is 97.6 Å². The van der Waals surface area contributed by atoms with Crippen LogP contribution in [0.25, 0.3) is 22.3 Å². The van der Waals surface area contributed by atoms with E-state index in [9.17, 15) is 58.2 Å². The largest absolute Gasteiger partial charge is 0.458 e. The van der Waals surface area contributed by atoms with Crippen molar-refractivity contribution in [1.82, 2.24) is 46.4 Å². The average Bonchev–Trinajstić information content (AvgIpc) is 2.49. The summed E-state index contributed by atoms with van der Waals surface area (Å²) in [7, 11) is 0. The number of fused-ring (bicyclic) bond motifs is 5. The molecule has 0 bridgehead atoms. The molecule has 23 nitrogen and oxygen atoms in total. The molecule has 3 aliphatic heterocycles. The van der Waals surface area contributed by atoms with E-state index >= 15 is 4.39 Å². The van der Waals surface area contributed by atoms with Crippen LogP contribution in [0, 0.1) is 24.1 Å². The number of ketones is 1. The van der Waals surface area contributed by atoms with Crippen molar-refractivity contribution in [2.75, 3.05) is 39.5 Å². The fourth-order valence-electron chi connectivity index (χ4n) is 10.9. The summed E-state index contributed by atoms with van der Waals surface area (Å²) in [5.41, 5.74) is 1.19. The molecular weight excluding hydrogens is 1050 g/mol. The third kappa shape index (κ3) is 13.5. The first-order valence-electron chi connectivity index (χ1n) is 27.0. The van der Waals surface area contributed by atoms with Crippen molar-refractivity contribution < 1.29 is 67.2 Å². The van der Waals surface area contributed by atoms with Crippen LogP contribution in [0.4, 0.5) is 4.39 Å². The van der Waals surface area contributed by atoms with E-state index < -0.39 is 116 Å². The number of carbonyl (C=O) groups excluding carboxylic acids is 9. The summed E-state index contributed by atoms with van der Waals surface area (Å²) in [6.07, 6.45) is 1.52. The van der Waals surface area contributed by atoms with Gasteiger partial charge in [-0.25, -0.2) is 14.2 Å². The molecule has 8 rings (SSSR count). The molecule has 1 fully saturated rings. The van der Waals surface area contributed by atoms with Gasteiger partial charge >= 0.3 is 5.97 Å². The predicted octanol–water partition coefficient (Wildman–Crippen LogP) is 1.14. The lowest BCUT2D eigenvalue weighted by atomic mass is 9.80. The molecule has 432 valence electrons. The fraction of sp³-hybridized carbons (Fsp3) is 0.491. The third-order valence-corrected chi connectivity index (χ3v) is 15.3. The van der Waals surface area contributed by atoms with Gasteiger partial charge in [0.05, 0.1) is 61.1 Å². The Bertz CT molecular complexity index is 3250. The van der Waals surface area contributed by atoms with Gasteiger partial charge in [-0.1, -0.05) is 57.5 Å². The molecule has 0 saturated carbocycles. The lowest BCUT2D eigenvalue weighted by Gasteiger charge is -2.30. The lowest BCUT2D eigenvalue weighted by molar-refractivity contribution is -0.169. The number of pyridine rings is 2. The number of esters is 1. The molecule has 4 aliphatic rings. The number of aliphatic hydroxyl groups is 2. The molecular formula is C57H68FN9O14. The van der Waals surface area contributed by atoms with Gasteiger partial charge in [0, 0.05) is 54.3 Å². The van der Waals surface area contributed by atoms with E-state index in [2.05, 4.69) is 31.9 Å². The molecule has 0 radical (unpaired) electrons. The summed E-state index contributed by atoms with van der Waals surface area (Å²) >= 11 is 0. The maximum Gasteiger partial charge on any atom is 0.342 e. The van der Waals surface area contributed by atoms with Crippen LogP contribution in [0.5, 0.6) is 0 Å². The fourth-order valence-corrected chi connectivity index (χ4v) is 10.9. The number of aryl methyl sites for hydroxylation is 1. The number of aromatic nitrogens is 2. The van der Waals surface area contributed by atoms with Crippen LogP contribution in [-0.2, 0) is 84.2 Å². The number of hydrogen-bond donors (Lipinski definition) is 8. The number of rotatable bonds is 23. The number of Topliss-reactive ketones (excluding diaryl/α,β-unsaturated/α-hetero) is 1. The first-order valence-corrected chi connectivity index (χ1v) is 27.0. The number of carbonyl (C=O) groups is 9. The van der Waals surface area contributed by atoms with E-state index in [1.165, 1.54) is 28.5 Å². The van der Waals surface area contributed by atoms with E-state index in [1.54, 1.807) is 37.3 Å². The molecule has 0 spiro atoms. The van der Waals surface area contributed by atoms with Gasteiger partial charge in [-0.3, -0.25) is 43.2 Å². The number of benzene rings is 2. The van der Waals surface area contributed by atoms with Gasteiger partial charge in [0.2, 0.25) is 41.4 Å². The van der Waals surface area contributed by atoms with Crippen LogP contribution in [0.3, 0.4) is 0 Å². The maximum atomic E-state index is 15.3. The summed E-state index contributed by atoms with van der Waals surface area (Å²) in [6.45, 7) is 6.36. The number of aliphatic hydroxyl groups excluding tert-OH is 1. The van der Waals surface area contributed by atoms with Crippen molar-refractivity contribution in [3.63, 3.8) is 0 Å². The number of nitrogens with one attached hydrogen (secondary N) is 6. The van der Waals surface area contributed by atoms with E-state index in [4.69, 9.17) is 14.5 Å². The minimum Gasteiger partial charge on any atom is -0.458 e. The van der Waals surface area contributed by atoms with Crippen LogP contribution < -0.4 is 37.5 Å².